The Balaban J connectivity index is 2.16. The van der Waals surface area contributed by atoms with Crippen LogP contribution < -0.4 is 0 Å². The molecular weight excluding hydrogens is 136 g/mol. The Bertz CT molecular complexity index is 173. The molecule has 11 heavy (non-hydrogen) atoms. The largest absolute Gasteiger partial charge is 0.389 e. The van der Waals surface area contributed by atoms with Crippen LogP contribution in [-0.2, 0) is 0 Å². The van der Waals surface area contributed by atoms with E-state index in [9.17, 15) is 5.11 Å². The maximum absolute atomic E-state index is 9.59. The third-order valence-electron chi connectivity index (χ3n) is 2.99. The fourth-order valence-electron chi connectivity index (χ4n) is 2.36. The summed E-state index contributed by atoms with van der Waals surface area (Å²) >= 11 is 0. The quantitative estimate of drug-likeness (QED) is 0.528. The first kappa shape index (κ1) is 7.35. The molecular formula is C10H16O. The second-order valence-electron chi connectivity index (χ2n) is 3.74. The van der Waals surface area contributed by atoms with Gasteiger partial charge in [0, 0.05) is 0 Å². The molecule has 0 aromatic heterocycles. The lowest BCUT2D eigenvalue weighted by atomic mass is 10.0. The van der Waals surface area contributed by atoms with Crippen molar-refractivity contribution in [2.75, 3.05) is 0 Å². The summed E-state index contributed by atoms with van der Waals surface area (Å²) in [7, 11) is 0. The van der Waals surface area contributed by atoms with Crippen LogP contribution in [0.1, 0.15) is 44.9 Å². The van der Waals surface area contributed by atoms with Gasteiger partial charge in [-0.2, -0.15) is 0 Å². The minimum atomic E-state index is -0.0666. The first-order valence-electron chi connectivity index (χ1n) is 4.77. The number of rotatable bonds is 0. The van der Waals surface area contributed by atoms with Gasteiger partial charge in [0.15, 0.2) is 0 Å². The molecule has 0 aromatic carbocycles. The summed E-state index contributed by atoms with van der Waals surface area (Å²) in [6.07, 6.45) is 8.58. The van der Waals surface area contributed by atoms with Crippen molar-refractivity contribution in [3.8, 4) is 0 Å². The van der Waals surface area contributed by atoms with Gasteiger partial charge >= 0.3 is 0 Å². The normalized spacial score (nSPS) is 31.9. The fraction of sp³-hybridized carbons (Fsp3) is 0.800. The first-order valence-corrected chi connectivity index (χ1v) is 4.77. The van der Waals surface area contributed by atoms with E-state index in [1.54, 1.807) is 5.57 Å². The summed E-state index contributed by atoms with van der Waals surface area (Å²) in [6, 6.07) is 0. The summed E-state index contributed by atoms with van der Waals surface area (Å²) in [6.45, 7) is 0. The summed E-state index contributed by atoms with van der Waals surface area (Å²) < 4.78 is 0. The van der Waals surface area contributed by atoms with Crippen LogP contribution in [0.15, 0.2) is 11.1 Å². The van der Waals surface area contributed by atoms with Crippen molar-refractivity contribution in [1.82, 2.24) is 0 Å². The minimum absolute atomic E-state index is 0.0666. The molecule has 1 heteroatoms. The van der Waals surface area contributed by atoms with Crippen molar-refractivity contribution < 1.29 is 5.11 Å². The molecule has 1 N–H and O–H groups in total. The minimum Gasteiger partial charge on any atom is -0.389 e. The predicted octanol–water partition coefficient (Wildman–Crippen LogP) is 2.40. The molecule has 2 fully saturated rings. The van der Waals surface area contributed by atoms with Gasteiger partial charge in [-0.3, -0.25) is 0 Å². The maximum Gasteiger partial charge on any atom is 0.0752 e. The summed E-state index contributed by atoms with van der Waals surface area (Å²) in [5, 5.41) is 9.59. The van der Waals surface area contributed by atoms with Gasteiger partial charge in [-0.25, -0.2) is 0 Å². The Kier molecular flexibility index (Phi) is 1.99. The van der Waals surface area contributed by atoms with Crippen LogP contribution in [0.5, 0.6) is 0 Å². The smallest absolute Gasteiger partial charge is 0.0752 e. The molecule has 0 bridgehead atoms. The van der Waals surface area contributed by atoms with Gasteiger partial charge < -0.3 is 5.11 Å². The van der Waals surface area contributed by atoms with E-state index in [-0.39, 0.29) is 6.10 Å². The highest BCUT2D eigenvalue weighted by Crippen LogP contribution is 2.35. The van der Waals surface area contributed by atoms with Crippen molar-refractivity contribution in [3.63, 3.8) is 0 Å². The second-order valence-corrected chi connectivity index (χ2v) is 3.74. The SMILES string of the molecule is O[C@H]1CCCC1=C1CCCC1. The van der Waals surface area contributed by atoms with Gasteiger partial charge in [0.1, 0.15) is 0 Å². The molecule has 1 atom stereocenters. The van der Waals surface area contributed by atoms with Crippen LogP contribution in [0.25, 0.3) is 0 Å². The highest BCUT2D eigenvalue weighted by atomic mass is 16.3. The molecule has 0 aromatic rings. The van der Waals surface area contributed by atoms with Crippen molar-refractivity contribution in [2.45, 2.75) is 51.0 Å². The predicted molar refractivity (Wildman–Crippen MR) is 45.4 cm³/mol. The molecule has 0 amide bonds. The first-order chi connectivity index (χ1) is 5.38. The second kappa shape index (κ2) is 2.98. The number of aliphatic hydroxyl groups is 1. The highest BCUT2D eigenvalue weighted by Gasteiger charge is 2.22. The topological polar surface area (TPSA) is 20.2 Å². The number of hydrogen-bond donors (Lipinski definition) is 1. The lowest BCUT2D eigenvalue weighted by molar-refractivity contribution is 0.216. The van der Waals surface area contributed by atoms with E-state index in [0.717, 1.165) is 6.42 Å². The molecule has 0 heterocycles. The van der Waals surface area contributed by atoms with Crippen LogP contribution >= 0.6 is 0 Å². The van der Waals surface area contributed by atoms with Gasteiger partial charge in [0.2, 0.25) is 0 Å². The molecule has 2 aliphatic rings. The Hall–Kier alpha value is -0.300. The molecule has 2 saturated carbocycles. The van der Waals surface area contributed by atoms with Crippen LogP contribution in [0.2, 0.25) is 0 Å². The zero-order valence-corrected chi connectivity index (χ0v) is 6.97. The molecule has 0 unspecified atom stereocenters. The van der Waals surface area contributed by atoms with Crippen molar-refractivity contribution in [1.29, 1.82) is 0 Å². The standard InChI is InChI=1S/C10H16O/c11-10-7-3-6-9(10)8-4-1-2-5-8/h10-11H,1-7H2/t10-/m0/s1. The average Bonchev–Trinajstić information content (AvgIpc) is 2.55. The lowest BCUT2D eigenvalue weighted by Crippen LogP contribution is -2.03. The van der Waals surface area contributed by atoms with Crippen LogP contribution in [0, 0.1) is 0 Å². The Morgan fingerprint density at radius 2 is 1.73 bits per heavy atom. The molecule has 0 radical (unpaired) electrons. The van der Waals surface area contributed by atoms with E-state index in [1.165, 1.54) is 44.1 Å². The van der Waals surface area contributed by atoms with Crippen LogP contribution in [0.4, 0.5) is 0 Å². The molecule has 62 valence electrons. The molecule has 0 spiro atoms. The maximum atomic E-state index is 9.59. The number of allylic oxidation sites excluding steroid dienone is 1. The molecule has 0 aliphatic heterocycles. The molecule has 2 rings (SSSR count). The third kappa shape index (κ3) is 1.34. The van der Waals surface area contributed by atoms with E-state index < -0.39 is 0 Å². The third-order valence-corrected chi connectivity index (χ3v) is 2.99. The van der Waals surface area contributed by atoms with E-state index in [2.05, 4.69) is 0 Å². The molecule has 0 saturated heterocycles. The van der Waals surface area contributed by atoms with E-state index in [4.69, 9.17) is 0 Å². The zero-order chi connectivity index (χ0) is 7.68. The fourth-order valence-corrected chi connectivity index (χ4v) is 2.36. The number of aliphatic hydroxyl groups excluding tert-OH is 1. The van der Waals surface area contributed by atoms with Gasteiger partial charge in [0.25, 0.3) is 0 Å². The van der Waals surface area contributed by atoms with E-state index in [1.807, 2.05) is 0 Å². The van der Waals surface area contributed by atoms with E-state index in [0.29, 0.717) is 0 Å². The summed E-state index contributed by atoms with van der Waals surface area (Å²) in [4.78, 5) is 0. The van der Waals surface area contributed by atoms with Crippen LogP contribution in [-0.4, -0.2) is 11.2 Å². The van der Waals surface area contributed by atoms with E-state index >= 15 is 0 Å². The van der Waals surface area contributed by atoms with Gasteiger partial charge in [0.05, 0.1) is 6.10 Å². The highest BCUT2D eigenvalue weighted by molar-refractivity contribution is 5.23. The summed E-state index contributed by atoms with van der Waals surface area (Å²) in [5.74, 6) is 0. The van der Waals surface area contributed by atoms with Gasteiger partial charge in [-0.1, -0.05) is 5.57 Å². The van der Waals surface area contributed by atoms with Crippen molar-refractivity contribution in [3.05, 3.63) is 11.1 Å². The average molecular weight is 152 g/mol. The zero-order valence-electron chi connectivity index (χ0n) is 6.97. The van der Waals surface area contributed by atoms with Gasteiger partial charge in [-0.15, -0.1) is 0 Å². The van der Waals surface area contributed by atoms with Crippen molar-refractivity contribution in [2.24, 2.45) is 0 Å². The summed E-state index contributed by atoms with van der Waals surface area (Å²) in [5.41, 5.74) is 3.00. The molecule has 2 aliphatic carbocycles. The van der Waals surface area contributed by atoms with Crippen molar-refractivity contribution >= 4 is 0 Å². The molecule has 1 nitrogen and oxygen atoms in total. The van der Waals surface area contributed by atoms with Crippen LogP contribution in [0.3, 0.4) is 0 Å². The Morgan fingerprint density at radius 3 is 2.27 bits per heavy atom. The van der Waals surface area contributed by atoms with Gasteiger partial charge in [-0.05, 0) is 50.5 Å². The monoisotopic (exact) mass is 152 g/mol. The Morgan fingerprint density at radius 1 is 1.00 bits per heavy atom. The lowest BCUT2D eigenvalue weighted by Gasteiger charge is -2.07. The Labute approximate surface area is 68.1 Å². The number of hydrogen-bond acceptors (Lipinski definition) is 1.